The Labute approximate surface area is 150 Å². The van der Waals surface area contributed by atoms with Gasteiger partial charge in [0, 0.05) is 30.0 Å². The number of aromatic nitrogens is 2. The predicted molar refractivity (Wildman–Crippen MR) is 102 cm³/mol. The lowest BCUT2D eigenvalue weighted by molar-refractivity contribution is -0.118. The van der Waals surface area contributed by atoms with Gasteiger partial charge in [-0.05, 0) is 50.7 Å². The lowest BCUT2D eigenvalue weighted by Crippen LogP contribution is -2.37. The van der Waals surface area contributed by atoms with E-state index >= 15 is 0 Å². The molecule has 1 amide bonds. The Hall–Kier alpha value is -2.10. The number of nitrogens with zero attached hydrogens (tertiary/aromatic N) is 3. The van der Waals surface area contributed by atoms with Crippen LogP contribution in [0, 0.1) is 26.7 Å². The maximum Gasteiger partial charge on any atom is 0.231 e. The van der Waals surface area contributed by atoms with E-state index in [1.165, 1.54) is 11.1 Å². The number of amides is 1. The van der Waals surface area contributed by atoms with Crippen molar-refractivity contribution in [2.45, 2.75) is 60.4 Å². The van der Waals surface area contributed by atoms with Gasteiger partial charge in [0.05, 0.1) is 12.1 Å². The van der Waals surface area contributed by atoms with Gasteiger partial charge in [0.1, 0.15) is 0 Å². The zero-order valence-corrected chi connectivity index (χ0v) is 16.1. The lowest BCUT2D eigenvalue weighted by Gasteiger charge is -2.31. The maximum absolute atomic E-state index is 13.1. The number of hydrogen-bond donors (Lipinski definition) is 0. The molecule has 0 bridgehead atoms. The molecule has 25 heavy (non-hydrogen) atoms. The summed E-state index contributed by atoms with van der Waals surface area (Å²) in [7, 11) is 0. The molecule has 0 radical (unpaired) electrons. The number of benzene rings is 1. The second kappa shape index (κ2) is 7.03. The standard InChI is InChI=1S/C21H29N3O/c1-14(2)13-24-17(5)19(16(4)22-24)12-20(25)23-11-7-10-18-9-6-8-15(3)21(18)23/h6,8-9,14H,7,10-13H2,1-5H3. The average molecular weight is 339 g/mol. The van der Waals surface area contributed by atoms with Gasteiger partial charge in [-0.15, -0.1) is 0 Å². The van der Waals surface area contributed by atoms with Gasteiger partial charge < -0.3 is 4.90 Å². The third-order valence-electron chi connectivity index (χ3n) is 5.12. The molecule has 0 unspecified atom stereocenters. The van der Waals surface area contributed by atoms with Crippen LogP contribution in [-0.2, 0) is 24.2 Å². The van der Waals surface area contributed by atoms with E-state index in [1.54, 1.807) is 0 Å². The fraction of sp³-hybridized carbons (Fsp3) is 0.524. The van der Waals surface area contributed by atoms with Crippen LogP contribution in [0.25, 0.3) is 0 Å². The molecular formula is C21H29N3O. The van der Waals surface area contributed by atoms with E-state index in [2.05, 4.69) is 55.7 Å². The topological polar surface area (TPSA) is 38.1 Å². The van der Waals surface area contributed by atoms with Crippen LogP contribution in [0.2, 0.25) is 0 Å². The smallest absolute Gasteiger partial charge is 0.231 e. The largest absolute Gasteiger partial charge is 0.312 e. The van der Waals surface area contributed by atoms with Gasteiger partial charge in [-0.2, -0.15) is 5.10 Å². The molecule has 134 valence electrons. The second-order valence-corrected chi connectivity index (χ2v) is 7.63. The minimum absolute atomic E-state index is 0.186. The van der Waals surface area contributed by atoms with E-state index in [1.807, 2.05) is 11.8 Å². The molecule has 2 aromatic rings. The maximum atomic E-state index is 13.1. The number of rotatable bonds is 4. The number of para-hydroxylation sites is 1. The van der Waals surface area contributed by atoms with Gasteiger partial charge in [-0.1, -0.05) is 32.0 Å². The zero-order valence-electron chi connectivity index (χ0n) is 16.1. The lowest BCUT2D eigenvalue weighted by atomic mass is 9.97. The molecule has 1 aromatic heterocycles. The number of carbonyl (C=O) groups excluding carboxylic acids is 1. The van der Waals surface area contributed by atoms with Crippen molar-refractivity contribution in [3.05, 3.63) is 46.3 Å². The van der Waals surface area contributed by atoms with Gasteiger partial charge in [0.15, 0.2) is 0 Å². The van der Waals surface area contributed by atoms with Crippen LogP contribution in [-0.4, -0.2) is 22.2 Å². The Balaban J connectivity index is 1.86. The molecule has 2 heterocycles. The molecule has 1 aliphatic heterocycles. The zero-order chi connectivity index (χ0) is 18.1. The van der Waals surface area contributed by atoms with E-state index in [0.29, 0.717) is 12.3 Å². The van der Waals surface area contributed by atoms with Gasteiger partial charge in [0.2, 0.25) is 5.91 Å². The van der Waals surface area contributed by atoms with Crippen molar-refractivity contribution < 1.29 is 4.79 Å². The Morgan fingerprint density at radius 1 is 1.24 bits per heavy atom. The van der Waals surface area contributed by atoms with Crippen molar-refractivity contribution >= 4 is 11.6 Å². The van der Waals surface area contributed by atoms with Gasteiger partial charge in [-0.25, -0.2) is 0 Å². The van der Waals surface area contributed by atoms with Gasteiger partial charge in [-0.3, -0.25) is 9.48 Å². The first-order valence-electron chi connectivity index (χ1n) is 9.30. The first kappa shape index (κ1) is 17.7. The highest BCUT2D eigenvalue weighted by Crippen LogP contribution is 2.31. The Morgan fingerprint density at radius 2 is 2.00 bits per heavy atom. The molecule has 1 aromatic carbocycles. The monoisotopic (exact) mass is 339 g/mol. The van der Waals surface area contributed by atoms with Crippen LogP contribution >= 0.6 is 0 Å². The highest BCUT2D eigenvalue weighted by atomic mass is 16.2. The second-order valence-electron chi connectivity index (χ2n) is 7.63. The van der Waals surface area contributed by atoms with E-state index < -0.39 is 0 Å². The number of anilines is 1. The number of hydrogen-bond acceptors (Lipinski definition) is 2. The summed E-state index contributed by atoms with van der Waals surface area (Å²) in [5.74, 6) is 0.726. The minimum atomic E-state index is 0.186. The van der Waals surface area contributed by atoms with Crippen molar-refractivity contribution in [1.29, 1.82) is 0 Å². The Morgan fingerprint density at radius 3 is 2.72 bits per heavy atom. The molecule has 0 saturated carbocycles. The van der Waals surface area contributed by atoms with E-state index in [9.17, 15) is 4.79 Å². The molecule has 4 heteroatoms. The van der Waals surface area contributed by atoms with Crippen LogP contribution in [0.3, 0.4) is 0 Å². The molecule has 3 rings (SSSR count). The minimum Gasteiger partial charge on any atom is -0.312 e. The third-order valence-corrected chi connectivity index (χ3v) is 5.12. The molecule has 4 nitrogen and oxygen atoms in total. The van der Waals surface area contributed by atoms with Crippen LogP contribution < -0.4 is 4.90 Å². The molecule has 0 aliphatic carbocycles. The first-order valence-corrected chi connectivity index (χ1v) is 9.30. The number of aryl methyl sites for hydroxylation is 3. The summed E-state index contributed by atoms with van der Waals surface area (Å²) in [5.41, 5.74) is 6.81. The van der Waals surface area contributed by atoms with Crippen molar-refractivity contribution in [2.24, 2.45) is 5.92 Å². The van der Waals surface area contributed by atoms with Crippen LogP contribution in [0.4, 0.5) is 5.69 Å². The SMILES string of the molecule is Cc1cccc2c1N(C(=O)Cc1c(C)nn(CC(C)C)c1C)CCC2. The van der Waals surface area contributed by atoms with E-state index in [4.69, 9.17) is 0 Å². The molecule has 0 fully saturated rings. The van der Waals surface area contributed by atoms with Crippen LogP contribution in [0.5, 0.6) is 0 Å². The Kier molecular flexibility index (Phi) is 4.98. The number of fused-ring (bicyclic) bond motifs is 1. The molecule has 0 spiro atoms. The highest BCUT2D eigenvalue weighted by molar-refractivity contribution is 5.96. The van der Waals surface area contributed by atoms with Gasteiger partial charge >= 0.3 is 0 Å². The average Bonchev–Trinajstić information content (AvgIpc) is 2.81. The van der Waals surface area contributed by atoms with Crippen molar-refractivity contribution in [3.63, 3.8) is 0 Å². The molecule has 0 atom stereocenters. The van der Waals surface area contributed by atoms with Crippen molar-refractivity contribution in [3.8, 4) is 0 Å². The van der Waals surface area contributed by atoms with Crippen LogP contribution in [0.15, 0.2) is 18.2 Å². The summed E-state index contributed by atoms with van der Waals surface area (Å²) in [6.07, 6.45) is 2.53. The summed E-state index contributed by atoms with van der Waals surface area (Å²) in [6.45, 7) is 12.3. The highest BCUT2D eigenvalue weighted by Gasteiger charge is 2.25. The summed E-state index contributed by atoms with van der Waals surface area (Å²) in [5, 5.41) is 4.66. The van der Waals surface area contributed by atoms with Crippen molar-refractivity contribution in [2.75, 3.05) is 11.4 Å². The molecule has 0 N–H and O–H groups in total. The quantitative estimate of drug-likeness (QED) is 0.845. The van der Waals surface area contributed by atoms with Crippen LogP contribution in [0.1, 0.15) is 48.3 Å². The molecule has 0 saturated heterocycles. The van der Waals surface area contributed by atoms with E-state index in [0.717, 1.165) is 48.6 Å². The predicted octanol–water partition coefficient (Wildman–Crippen LogP) is 3.99. The third kappa shape index (κ3) is 3.48. The van der Waals surface area contributed by atoms with Crippen molar-refractivity contribution in [1.82, 2.24) is 9.78 Å². The summed E-state index contributed by atoms with van der Waals surface area (Å²) >= 11 is 0. The Bertz CT molecular complexity index is 789. The summed E-state index contributed by atoms with van der Waals surface area (Å²) < 4.78 is 2.05. The van der Waals surface area contributed by atoms with Gasteiger partial charge in [0.25, 0.3) is 0 Å². The fourth-order valence-corrected chi connectivity index (χ4v) is 3.86. The molecular weight excluding hydrogens is 310 g/mol. The normalized spacial score (nSPS) is 14.1. The summed E-state index contributed by atoms with van der Waals surface area (Å²) in [6, 6.07) is 6.34. The number of carbonyl (C=O) groups is 1. The first-order chi connectivity index (χ1) is 11.9. The fourth-order valence-electron chi connectivity index (χ4n) is 3.86. The van der Waals surface area contributed by atoms with E-state index in [-0.39, 0.29) is 5.91 Å². The summed E-state index contributed by atoms with van der Waals surface area (Å²) in [4.78, 5) is 15.1. The molecule has 1 aliphatic rings.